The molecule has 1 aromatic heterocycles. The van der Waals surface area contributed by atoms with Gasteiger partial charge in [-0.1, -0.05) is 30.3 Å². The monoisotopic (exact) mass is 332 g/mol. The molecule has 0 N–H and O–H groups in total. The first-order valence-electron chi connectivity index (χ1n) is 6.87. The van der Waals surface area contributed by atoms with Crippen LogP contribution >= 0.6 is 0 Å². The Morgan fingerprint density at radius 1 is 1.00 bits per heavy atom. The normalized spacial score (nSPS) is 11.5. The summed E-state index contributed by atoms with van der Waals surface area (Å²) in [5.74, 6) is -0.440. The fourth-order valence-electron chi connectivity index (χ4n) is 2.14. The molecule has 0 radical (unpaired) electrons. The molecular weight excluding hydrogens is 319 g/mol. The summed E-state index contributed by atoms with van der Waals surface area (Å²) in [5, 5.41) is 11.1. The lowest BCUT2D eigenvalue weighted by atomic mass is 10.2. The number of hydrogen-bond donors (Lipinski definition) is 0. The molecule has 0 fully saturated rings. The van der Waals surface area contributed by atoms with E-state index in [1.807, 2.05) is 0 Å². The Bertz CT molecular complexity index is 910. The highest BCUT2D eigenvalue weighted by Gasteiger charge is 2.18. The van der Waals surface area contributed by atoms with Gasteiger partial charge in [-0.05, 0) is 34.7 Å². The second kappa shape index (κ2) is 6.25. The third-order valence-corrected chi connectivity index (χ3v) is 5.03. The zero-order valence-corrected chi connectivity index (χ0v) is 12.8. The molecule has 0 aliphatic heterocycles. The number of tetrazole rings is 1. The third-order valence-electron chi connectivity index (χ3n) is 3.32. The van der Waals surface area contributed by atoms with Crippen molar-refractivity contribution in [3.05, 3.63) is 60.4 Å². The summed E-state index contributed by atoms with van der Waals surface area (Å²) in [5.41, 5.74) is 0.231. The van der Waals surface area contributed by atoms with Gasteiger partial charge in [0.1, 0.15) is 5.82 Å². The number of sulfone groups is 1. The summed E-state index contributed by atoms with van der Waals surface area (Å²) < 4.78 is 39.7. The Kier molecular flexibility index (Phi) is 4.16. The van der Waals surface area contributed by atoms with Crippen LogP contribution in [-0.4, -0.2) is 34.4 Å². The Balaban J connectivity index is 1.83. The third kappa shape index (κ3) is 3.26. The molecular formula is C15H13FN4O2S. The minimum Gasteiger partial charge on any atom is -0.224 e. The molecule has 0 unspecified atom stereocenters. The summed E-state index contributed by atoms with van der Waals surface area (Å²) in [6.45, 7) is 0.0356. The topological polar surface area (TPSA) is 77.7 Å². The van der Waals surface area contributed by atoms with Gasteiger partial charge in [-0.3, -0.25) is 0 Å². The first kappa shape index (κ1) is 15.3. The molecule has 1 heterocycles. The predicted molar refractivity (Wildman–Crippen MR) is 81.7 cm³/mol. The molecule has 0 saturated carbocycles. The largest absolute Gasteiger partial charge is 0.224 e. The van der Waals surface area contributed by atoms with Crippen LogP contribution in [0, 0.1) is 5.82 Å². The van der Waals surface area contributed by atoms with E-state index in [9.17, 15) is 12.8 Å². The Morgan fingerprint density at radius 3 is 2.43 bits per heavy atom. The van der Waals surface area contributed by atoms with Crippen LogP contribution < -0.4 is 0 Å². The van der Waals surface area contributed by atoms with Crippen LogP contribution in [0.5, 0.6) is 0 Å². The number of nitrogens with zero attached hydrogens (tertiary/aromatic N) is 4. The van der Waals surface area contributed by atoms with E-state index in [1.54, 1.807) is 36.4 Å². The number of halogens is 1. The lowest BCUT2D eigenvalue weighted by Gasteiger charge is -2.07. The number of hydrogen-bond acceptors (Lipinski definition) is 5. The van der Waals surface area contributed by atoms with Crippen LogP contribution in [0.3, 0.4) is 0 Å². The van der Waals surface area contributed by atoms with Crippen LogP contribution in [0.15, 0.2) is 59.5 Å². The minimum atomic E-state index is -3.46. The molecule has 2 aromatic carbocycles. The maximum Gasteiger partial charge on any atom is 0.185 e. The van der Waals surface area contributed by atoms with Crippen LogP contribution in [-0.2, 0) is 16.4 Å². The van der Waals surface area contributed by atoms with Gasteiger partial charge in [-0.25, -0.2) is 17.5 Å². The van der Waals surface area contributed by atoms with E-state index in [1.165, 1.54) is 22.9 Å². The van der Waals surface area contributed by atoms with Gasteiger partial charge < -0.3 is 0 Å². The molecule has 0 atom stereocenters. The molecule has 0 spiro atoms. The minimum absolute atomic E-state index is 0.0356. The maximum absolute atomic E-state index is 13.8. The zero-order chi connectivity index (χ0) is 16.3. The van der Waals surface area contributed by atoms with Crippen molar-refractivity contribution < 1.29 is 12.8 Å². The van der Waals surface area contributed by atoms with Crippen LogP contribution in [0.4, 0.5) is 4.39 Å². The van der Waals surface area contributed by atoms with E-state index in [-0.39, 0.29) is 28.6 Å². The van der Waals surface area contributed by atoms with E-state index in [4.69, 9.17) is 0 Å². The summed E-state index contributed by atoms with van der Waals surface area (Å²) in [6, 6.07) is 14.2. The molecule has 118 valence electrons. The second-order valence-electron chi connectivity index (χ2n) is 4.84. The lowest BCUT2D eigenvalue weighted by Crippen LogP contribution is -2.15. The van der Waals surface area contributed by atoms with Crippen molar-refractivity contribution >= 4 is 9.84 Å². The van der Waals surface area contributed by atoms with Crippen molar-refractivity contribution in [3.8, 4) is 11.4 Å². The Labute approximate surface area is 132 Å². The maximum atomic E-state index is 13.8. The van der Waals surface area contributed by atoms with Gasteiger partial charge >= 0.3 is 0 Å². The van der Waals surface area contributed by atoms with E-state index in [0.29, 0.717) is 0 Å². The van der Waals surface area contributed by atoms with Gasteiger partial charge in [0.15, 0.2) is 15.7 Å². The summed E-state index contributed by atoms with van der Waals surface area (Å²) in [7, 11) is -3.46. The fraction of sp³-hybridized carbons (Fsp3) is 0.133. The molecule has 23 heavy (non-hydrogen) atoms. The SMILES string of the molecule is O=S(=O)(CCn1nnnc1-c1ccccc1F)c1ccccc1. The highest BCUT2D eigenvalue weighted by molar-refractivity contribution is 7.91. The first-order valence-corrected chi connectivity index (χ1v) is 8.52. The highest BCUT2D eigenvalue weighted by atomic mass is 32.2. The van der Waals surface area contributed by atoms with Crippen molar-refractivity contribution in [1.82, 2.24) is 20.2 Å². The number of rotatable bonds is 5. The molecule has 8 heteroatoms. The molecule has 3 rings (SSSR count). The van der Waals surface area contributed by atoms with E-state index in [0.717, 1.165) is 0 Å². The fourth-order valence-corrected chi connectivity index (χ4v) is 3.36. The average Bonchev–Trinajstić information content (AvgIpc) is 3.03. The molecule has 0 amide bonds. The lowest BCUT2D eigenvalue weighted by molar-refractivity contribution is 0.575. The standard InChI is InChI=1S/C15H13FN4O2S/c16-14-9-5-4-8-13(14)15-17-18-19-20(15)10-11-23(21,22)12-6-2-1-3-7-12/h1-9H,10-11H2. The van der Waals surface area contributed by atoms with Gasteiger partial charge in [0.05, 0.1) is 22.8 Å². The predicted octanol–water partition coefficient (Wildman–Crippen LogP) is 1.95. The summed E-state index contributed by atoms with van der Waals surface area (Å²) in [6.07, 6.45) is 0. The quantitative estimate of drug-likeness (QED) is 0.714. The van der Waals surface area contributed by atoms with Gasteiger partial charge in [-0.15, -0.1) is 5.10 Å². The van der Waals surface area contributed by atoms with Crippen molar-refractivity contribution in [3.63, 3.8) is 0 Å². The molecule has 0 saturated heterocycles. The second-order valence-corrected chi connectivity index (χ2v) is 6.95. The zero-order valence-electron chi connectivity index (χ0n) is 12.0. The van der Waals surface area contributed by atoms with Crippen molar-refractivity contribution in [2.75, 3.05) is 5.75 Å². The van der Waals surface area contributed by atoms with E-state index in [2.05, 4.69) is 15.5 Å². The van der Waals surface area contributed by atoms with Crippen molar-refractivity contribution in [1.29, 1.82) is 0 Å². The Hall–Kier alpha value is -2.61. The highest BCUT2D eigenvalue weighted by Crippen LogP contribution is 2.19. The van der Waals surface area contributed by atoms with Crippen LogP contribution in [0.25, 0.3) is 11.4 Å². The van der Waals surface area contributed by atoms with Crippen molar-refractivity contribution in [2.45, 2.75) is 11.4 Å². The number of aryl methyl sites for hydroxylation is 1. The van der Waals surface area contributed by atoms with Crippen molar-refractivity contribution in [2.24, 2.45) is 0 Å². The molecule has 0 aliphatic rings. The number of aromatic nitrogens is 4. The smallest absolute Gasteiger partial charge is 0.185 e. The van der Waals surface area contributed by atoms with Gasteiger partial charge in [0, 0.05) is 0 Å². The molecule has 0 bridgehead atoms. The van der Waals surface area contributed by atoms with Crippen LogP contribution in [0.1, 0.15) is 0 Å². The molecule has 3 aromatic rings. The van der Waals surface area contributed by atoms with Crippen LogP contribution in [0.2, 0.25) is 0 Å². The van der Waals surface area contributed by atoms with Gasteiger partial charge in [-0.2, -0.15) is 0 Å². The van der Waals surface area contributed by atoms with Gasteiger partial charge in [0.2, 0.25) is 0 Å². The first-order chi connectivity index (χ1) is 11.1. The van der Waals surface area contributed by atoms with Gasteiger partial charge in [0.25, 0.3) is 0 Å². The molecule has 6 nitrogen and oxygen atoms in total. The summed E-state index contributed by atoms with van der Waals surface area (Å²) in [4.78, 5) is 0.237. The van der Waals surface area contributed by atoms with E-state index < -0.39 is 15.7 Å². The molecule has 0 aliphatic carbocycles. The Morgan fingerprint density at radius 2 is 1.70 bits per heavy atom. The number of benzene rings is 2. The average molecular weight is 332 g/mol. The van der Waals surface area contributed by atoms with E-state index >= 15 is 0 Å². The summed E-state index contributed by atoms with van der Waals surface area (Å²) >= 11 is 0.